The van der Waals surface area contributed by atoms with Gasteiger partial charge in [0.1, 0.15) is 5.69 Å². The number of halogens is 5. The maximum atomic E-state index is 13.4. The predicted octanol–water partition coefficient (Wildman–Crippen LogP) is 9.52. The molecule has 0 unspecified atom stereocenters. The van der Waals surface area contributed by atoms with Gasteiger partial charge in [-0.15, -0.1) is 0 Å². The fourth-order valence-electron chi connectivity index (χ4n) is 4.02. The van der Waals surface area contributed by atoms with Crippen molar-refractivity contribution in [1.29, 1.82) is 0 Å². The highest BCUT2D eigenvalue weighted by molar-refractivity contribution is 9.11. The van der Waals surface area contributed by atoms with Gasteiger partial charge in [0.2, 0.25) is 0 Å². The van der Waals surface area contributed by atoms with Gasteiger partial charge < -0.3 is 9.72 Å². The minimum Gasteiger partial charge on any atom is -0.421 e. The second kappa shape index (κ2) is 12.4. The zero-order chi connectivity index (χ0) is 28.4. The lowest BCUT2D eigenvalue weighted by atomic mass is 10.0. The Morgan fingerprint density at radius 2 is 1.60 bits per heavy atom. The van der Waals surface area contributed by atoms with Crippen molar-refractivity contribution in [2.45, 2.75) is 0 Å². The summed E-state index contributed by atoms with van der Waals surface area (Å²) in [6.07, 6.45) is 1.41. The van der Waals surface area contributed by atoms with Gasteiger partial charge in [0.15, 0.2) is 5.75 Å². The Hall–Kier alpha value is -2.76. The number of aromatic amines is 1. The molecule has 6 nitrogen and oxygen atoms in total. The lowest BCUT2D eigenvalue weighted by molar-refractivity contribution is 0.0733. The van der Waals surface area contributed by atoms with Crippen LogP contribution in [0.3, 0.4) is 0 Å². The van der Waals surface area contributed by atoms with E-state index < -0.39 is 11.9 Å². The van der Waals surface area contributed by atoms with Crippen LogP contribution in [0.25, 0.3) is 22.0 Å². The minimum absolute atomic E-state index is 0.251. The molecule has 1 heterocycles. The van der Waals surface area contributed by atoms with Crippen LogP contribution in [0.1, 0.15) is 26.4 Å². The molecule has 0 aliphatic rings. The Morgan fingerprint density at radius 3 is 2.35 bits per heavy atom. The maximum absolute atomic E-state index is 13.4. The first-order chi connectivity index (χ1) is 19.2. The molecule has 0 aliphatic carbocycles. The molecule has 40 heavy (non-hydrogen) atoms. The van der Waals surface area contributed by atoms with Gasteiger partial charge in [0, 0.05) is 46.0 Å². The standard InChI is InChI=1S/C29H16Br4ClN3O3/c30-17-7-5-15(6-8-17)29(39)40-27-16(11-19(32)13-22(27)33)14-35-37-28(38)26-25(20-3-1-2-4-23(20)34)21-12-18(31)9-10-24(21)36-26/h1-14,36H,(H,37,38). The summed E-state index contributed by atoms with van der Waals surface area (Å²) in [6, 6.07) is 23.3. The number of rotatable bonds is 6. The van der Waals surface area contributed by atoms with E-state index in [0.29, 0.717) is 37.4 Å². The van der Waals surface area contributed by atoms with Crippen LogP contribution < -0.4 is 10.2 Å². The molecule has 4 aromatic carbocycles. The molecule has 0 aliphatic heterocycles. The number of benzene rings is 4. The van der Waals surface area contributed by atoms with Gasteiger partial charge in [-0.1, -0.05) is 77.6 Å². The van der Waals surface area contributed by atoms with Gasteiger partial charge in [-0.2, -0.15) is 5.10 Å². The van der Waals surface area contributed by atoms with Crippen LogP contribution in [-0.2, 0) is 0 Å². The number of hydrogen-bond acceptors (Lipinski definition) is 4. The van der Waals surface area contributed by atoms with Crippen LogP contribution in [0.15, 0.2) is 102 Å². The summed E-state index contributed by atoms with van der Waals surface area (Å²) in [5.41, 5.74) is 5.85. The molecule has 11 heteroatoms. The van der Waals surface area contributed by atoms with E-state index in [1.165, 1.54) is 6.21 Å². The molecule has 0 atom stereocenters. The second-order valence-electron chi connectivity index (χ2n) is 8.45. The highest BCUT2D eigenvalue weighted by Crippen LogP contribution is 2.38. The third kappa shape index (κ3) is 6.26. The number of nitrogens with zero attached hydrogens (tertiary/aromatic N) is 1. The molecule has 200 valence electrons. The zero-order valence-electron chi connectivity index (χ0n) is 20.1. The Kier molecular flexibility index (Phi) is 8.92. The smallest absolute Gasteiger partial charge is 0.343 e. The minimum atomic E-state index is -0.539. The summed E-state index contributed by atoms with van der Waals surface area (Å²) in [5, 5.41) is 5.51. The van der Waals surface area contributed by atoms with Crippen molar-refractivity contribution in [1.82, 2.24) is 10.4 Å². The number of hydrogen-bond donors (Lipinski definition) is 2. The lowest BCUT2D eigenvalue weighted by Crippen LogP contribution is -2.19. The molecule has 1 amide bonds. The van der Waals surface area contributed by atoms with Crippen molar-refractivity contribution >= 4 is 104 Å². The number of aromatic nitrogens is 1. The number of carbonyl (C=O) groups excluding carboxylic acids is 2. The van der Waals surface area contributed by atoms with E-state index in [0.717, 1.165) is 24.3 Å². The number of ether oxygens (including phenoxy) is 1. The Labute approximate surface area is 267 Å². The molecular weight excluding hydrogens is 793 g/mol. The Bertz CT molecular complexity index is 1800. The fraction of sp³-hybridized carbons (Fsp3) is 0. The fourth-order valence-corrected chi connectivity index (χ4v) is 6.21. The molecular formula is C29H16Br4ClN3O3. The molecule has 0 radical (unpaired) electrons. The first-order valence-electron chi connectivity index (χ1n) is 11.6. The van der Waals surface area contributed by atoms with Gasteiger partial charge in [0.05, 0.1) is 16.3 Å². The molecule has 0 saturated heterocycles. The molecule has 0 spiro atoms. The van der Waals surface area contributed by atoms with Crippen LogP contribution in [0, 0.1) is 0 Å². The highest BCUT2D eigenvalue weighted by Gasteiger charge is 2.21. The van der Waals surface area contributed by atoms with Crippen molar-refractivity contribution in [2.75, 3.05) is 0 Å². The highest BCUT2D eigenvalue weighted by atomic mass is 79.9. The number of hydrazone groups is 1. The van der Waals surface area contributed by atoms with Crippen LogP contribution in [0.2, 0.25) is 5.02 Å². The zero-order valence-corrected chi connectivity index (χ0v) is 27.2. The van der Waals surface area contributed by atoms with Crippen LogP contribution in [0.4, 0.5) is 0 Å². The second-order valence-corrected chi connectivity index (χ2v) is 12.5. The number of fused-ring (bicyclic) bond motifs is 1. The van der Waals surface area contributed by atoms with Crippen LogP contribution in [0.5, 0.6) is 5.75 Å². The summed E-state index contributed by atoms with van der Waals surface area (Å²) in [6.45, 7) is 0. The number of H-pyrrole nitrogens is 1. The van der Waals surface area contributed by atoms with Gasteiger partial charge in [-0.25, -0.2) is 10.2 Å². The molecule has 0 bridgehead atoms. The topological polar surface area (TPSA) is 83.5 Å². The third-order valence-electron chi connectivity index (χ3n) is 5.81. The van der Waals surface area contributed by atoms with Gasteiger partial charge in [-0.3, -0.25) is 4.79 Å². The van der Waals surface area contributed by atoms with E-state index in [4.69, 9.17) is 16.3 Å². The first-order valence-corrected chi connectivity index (χ1v) is 15.1. The summed E-state index contributed by atoms with van der Waals surface area (Å²) < 4.78 is 8.65. The summed E-state index contributed by atoms with van der Waals surface area (Å²) in [4.78, 5) is 29.4. The number of amides is 1. The van der Waals surface area contributed by atoms with Crippen molar-refractivity contribution in [3.8, 4) is 16.9 Å². The van der Waals surface area contributed by atoms with E-state index in [-0.39, 0.29) is 5.75 Å². The van der Waals surface area contributed by atoms with Crippen molar-refractivity contribution < 1.29 is 14.3 Å². The summed E-state index contributed by atoms with van der Waals surface area (Å²) in [7, 11) is 0. The average molecular weight is 810 g/mol. The first kappa shape index (κ1) is 28.8. The molecule has 2 N–H and O–H groups in total. The van der Waals surface area contributed by atoms with Gasteiger partial charge in [-0.05, 0) is 76.6 Å². The van der Waals surface area contributed by atoms with Crippen molar-refractivity contribution in [3.05, 3.63) is 119 Å². The third-order valence-corrected chi connectivity index (χ3v) is 8.21. The Morgan fingerprint density at radius 1 is 0.875 bits per heavy atom. The predicted molar refractivity (Wildman–Crippen MR) is 172 cm³/mol. The van der Waals surface area contributed by atoms with Crippen LogP contribution in [-0.4, -0.2) is 23.1 Å². The number of carbonyl (C=O) groups is 2. The van der Waals surface area contributed by atoms with E-state index in [2.05, 4.69) is 79.2 Å². The van der Waals surface area contributed by atoms with Crippen LogP contribution >= 0.6 is 75.3 Å². The maximum Gasteiger partial charge on any atom is 0.343 e. The quantitative estimate of drug-likeness (QED) is 0.0777. The lowest BCUT2D eigenvalue weighted by Gasteiger charge is -2.11. The monoisotopic (exact) mass is 805 g/mol. The molecule has 1 aromatic heterocycles. The van der Waals surface area contributed by atoms with E-state index in [9.17, 15) is 9.59 Å². The number of esters is 1. The van der Waals surface area contributed by atoms with Gasteiger partial charge in [0.25, 0.3) is 5.91 Å². The van der Waals surface area contributed by atoms with E-state index >= 15 is 0 Å². The molecule has 0 fully saturated rings. The molecule has 0 saturated carbocycles. The Balaban J connectivity index is 1.45. The van der Waals surface area contributed by atoms with Crippen molar-refractivity contribution in [3.63, 3.8) is 0 Å². The summed E-state index contributed by atoms with van der Waals surface area (Å²) in [5.74, 6) is -0.759. The molecule has 5 rings (SSSR count). The SMILES string of the molecule is O=C(Oc1c(Br)cc(Br)cc1C=NNC(=O)c1[nH]c2ccc(Br)cc2c1-c1ccccc1Cl)c1ccc(Br)cc1. The molecule has 5 aromatic rings. The van der Waals surface area contributed by atoms with Crippen molar-refractivity contribution in [2.24, 2.45) is 5.10 Å². The summed E-state index contributed by atoms with van der Waals surface area (Å²) >= 11 is 20.3. The largest absolute Gasteiger partial charge is 0.421 e. The number of nitrogens with one attached hydrogen (secondary N) is 2. The average Bonchev–Trinajstić information content (AvgIpc) is 3.29. The normalized spacial score (nSPS) is 11.2. The van der Waals surface area contributed by atoms with E-state index in [1.54, 1.807) is 42.5 Å². The van der Waals surface area contributed by atoms with Gasteiger partial charge >= 0.3 is 5.97 Å². The van der Waals surface area contributed by atoms with E-state index in [1.807, 2.05) is 36.4 Å².